The molecular formula is C15H20ClNS. The summed E-state index contributed by atoms with van der Waals surface area (Å²) in [5.74, 6) is 2.79. The average Bonchev–Trinajstić information content (AvgIpc) is 2.71. The summed E-state index contributed by atoms with van der Waals surface area (Å²) in [5, 5.41) is 0.450. The van der Waals surface area contributed by atoms with Crippen molar-refractivity contribution in [1.29, 1.82) is 0 Å². The van der Waals surface area contributed by atoms with Gasteiger partial charge in [-0.1, -0.05) is 18.2 Å². The van der Waals surface area contributed by atoms with Crippen LogP contribution in [0.5, 0.6) is 0 Å². The molecule has 0 amide bonds. The second-order valence-electron chi connectivity index (χ2n) is 5.70. The van der Waals surface area contributed by atoms with Crippen LogP contribution in [0, 0.1) is 5.92 Å². The number of benzene rings is 1. The molecule has 1 nitrogen and oxygen atoms in total. The molecule has 3 rings (SSSR count). The molecule has 1 heterocycles. The first-order valence-electron chi connectivity index (χ1n) is 6.76. The highest BCUT2D eigenvalue weighted by atomic mass is 35.5. The fraction of sp³-hybridized carbons (Fsp3) is 0.600. The Morgan fingerprint density at radius 1 is 1.28 bits per heavy atom. The van der Waals surface area contributed by atoms with Gasteiger partial charge in [0, 0.05) is 35.0 Å². The molecule has 1 aromatic rings. The predicted molar refractivity (Wildman–Crippen MR) is 79.8 cm³/mol. The molecule has 0 aromatic heterocycles. The van der Waals surface area contributed by atoms with Crippen LogP contribution in [0.15, 0.2) is 29.2 Å². The van der Waals surface area contributed by atoms with Crippen molar-refractivity contribution in [3.8, 4) is 0 Å². The molecule has 1 atom stereocenters. The molecule has 2 aliphatic rings. The molecule has 18 heavy (non-hydrogen) atoms. The van der Waals surface area contributed by atoms with Gasteiger partial charge in [0.2, 0.25) is 0 Å². The maximum absolute atomic E-state index is 6.04. The molecule has 0 spiro atoms. The molecule has 1 aliphatic carbocycles. The fourth-order valence-corrected chi connectivity index (χ4v) is 4.82. The summed E-state index contributed by atoms with van der Waals surface area (Å²) in [7, 11) is 2.26. The van der Waals surface area contributed by atoms with E-state index in [-0.39, 0.29) is 0 Å². The van der Waals surface area contributed by atoms with Crippen molar-refractivity contribution in [3.63, 3.8) is 0 Å². The summed E-state index contributed by atoms with van der Waals surface area (Å²) in [4.78, 5) is 3.99. The lowest BCUT2D eigenvalue weighted by molar-refractivity contribution is 0.204. The Balaban J connectivity index is 1.54. The highest BCUT2D eigenvalue weighted by Gasteiger charge is 2.29. The molecule has 1 unspecified atom stereocenters. The van der Waals surface area contributed by atoms with Crippen LogP contribution < -0.4 is 0 Å². The zero-order valence-electron chi connectivity index (χ0n) is 10.8. The van der Waals surface area contributed by atoms with E-state index in [0.29, 0.717) is 11.3 Å². The Morgan fingerprint density at radius 2 is 2.06 bits per heavy atom. The van der Waals surface area contributed by atoms with Gasteiger partial charge in [-0.05, 0) is 37.4 Å². The topological polar surface area (TPSA) is 3.24 Å². The van der Waals surface area contributed by atoms with Crippen molar-refractivity contribution in [3.05, 3.63) is 29.8 Å². The molecule has 1 aromatic carbocycles. The maximum Gasteiger partial charge on any atom is 0.0342 e. The van der Waals surface area contributed by atoms with E-state index in [1.165, 1.54) is 36.6 Å². The Morgan fingerprint density at radius 3 is 2.83 bits per heavy atom. The Kier molecular flexibility index (Phi) is 3.88. The van der Waals surface area contributed by atoms with Gasteiger partial charge >= 0.3 is 0 Å². The third kappa shape index (κ3) is 2.71. The van der Waals surface area contributed by atoms with E-state index in [4.69, 9.17) is 11.6 Å². The van der Waals surface area contributed by atoms with Crippen molar-refractivity contribution in [2.24, 2.45) is 5.92 Å². The van der Waals surface area contributed by atoms with E-state index in [2.05, 4.69) is 36.2 Å². The maximum atomic E-state index is 6.04. The number of alkyl halides is 1. The van der Waals surface area contributed by atoms with E-state index in [9.17, 15) is 0 Å². The molecular weight excluding hydrogens is 262 g/mol. The molecule has 0 N–H and O–H groups in total. The standard InChI is InChI=1S/C15H20ClNS/c1-17(8-11-6-13(16)7-11)9-12-10-18-15-5-3-2-4-14(12)15/h2-5,11-13H,6-10H2,1H3. The van der Waals surface area contributed by atoms with Crippen molar-refractivity contribution in [1.82, 2.24) is 4.90 Å². The highest BCUT2D eigenvalue weighted by molar-refractivity contribution is 7.99. The minimum absolute atomic E-state index is 0.450. The molecule has 0 saturated heterocycles. The first-order valence-corrected chi connectivity index (χ1v) is 8.19. The Labute approximate surface area is 119 Å². The molecule has 0 radical (unpaired) electrons. The van der Waals surface area contributed by atoms with Crippen LogP contribution in [0.2, 0.25) is 0 Å². The lowest BCUT2D eigenvalue weighted by Gasteiger charge is -2.34. The Bertz CT molecular complexity index is 417. The molecule has 0 bridgehead atoms. The van der Waals surface area contributed by atoms with E-state index >= 15 is 0 Å². The second-order valence-corrected chi connectivity index (χ2v) is 7.38. The van der Waals surface area contributed by atoms with Crippen LogP contribution in [0.1, 0.15) is 24.3 Å². The summed E-state index contributed by atoms with van der Waals surface area (Å²) >= 11 is 8.05. The van der Waals surface area contributed by atoms with Gasteiger partial charge < -0.3 is 4.90 Å². The summed E-state index contributed by atoms with van der Waals surface area (Å²) in [6.07, 6.45) is 2.42. The molecule has 3 heteroatoms. The number of thioether (sulfide) groups is 1. The minimum Gasteiger partial charge on any atom is -0.305 e. The molecule has 1 aliphatic heterocycles. The average molecular weight is 282 g/mol. The zero-order valence-corrected chi connectivity index (χ0v) is 12.4. The van der Waals surface area contributed by atoms with E-state index < -0.39 is 0 Å². The Hall–Kier alpha value is -0.180. The van der Waals surface area contributed by atoms with Gasteiger partial charge in [0.15, 0.2) is 0 Å². The SMILES string of the molecule is CN(CC1CC(Cl)C1)CC1CSc2ccccc21. The first kappa shape index (κ1) is 12.8. The van der Waals surface area contributed by atoms with Crippen LogP contribution in [-0.2, 0) is 0 Å². The molecule has 1 fully saturated rings. The van der Waals surface area contributed by atoms with Crippen LogP contribution in [-0.4, -0.2) is 36.2 Å². The normalized spacial score (nSPS) is 30.3. The molecule has 98 valence electrons. The van der Waals surface area contributed by atoms with Crippen LogP contribution >= 0.6 is 23.4 Å². The van der Waals surface area contributed by atoms with Crippen molar-refractivity contribution >= 4 is 23.4 Å². The summed E-state index contributed by atoms with van der Waals surface area (Å²) < 4.78 is 0. The first-order chi connectivity index (χ1) is 8.72. The van der Waals surface area contributed by atoms with E-state index in [1.807, 2.05) is 11.8 Å². The minimum atomic E-state index is 0.450. The van der Waals surface area contributed by atoms with Gasteiger partial charge in [-0.2, -0.15) is 0 Å². The van der Waals surface area contributed by atoms with E-state index in [1.54, 1.807) is 5.56 Å². The van der Waals surface area contributed by atoms with E-state index in [0.717, 1.165) is 5.92 Å². The van der Waals surface area contributed by atoms with Gasteiger partial charge in [-0.25, -0.2) is 0 Å². The number of hydrogen-bond acceptors (Lipinski definition) is 2. The summed E-state index contributed by atoms with van der Waals surface area (Å²) in [6.45, 7) is 2.40. The van der Waals surface area contributed by atoms with Gasteiger partial charge in [-0.15, -0.1) is 23.4 Å². The number of nitrogens with zero attached hydrogens (tertiary/aromatic N) is 1. The smallest absolute Gasteiger partial charge is 0.0342 e. The predicted octanol–water partition coefficient (Wildman–Crippen LogP) is 3.83. The lowest BCUT2D eigenvalue weighted by atomic mass is 9.84. The number of likely N-dealkylation sites (N-methyl/N-ethyl adjacent to an activating group) is 1. The van der Waals surface area contributed by atoms with Crippen molar-refractivity contribution < 1.29 is 0 Å². The highest BCUT2D eigenvalue weighted by Crippen LogP contribution is 2.40. The van der Waals surface area contributed by atoms with Crippen LogP contribution in [0.25, 0.3) is 0 Å². The van der Waals surface area contributed by atoms with Crippen LogP contribution in [0.3, 0.4) is 0 Å². The third-order valence-corrected chi connectivity index (χ3v) is 5.69. The van der Waals surface area contributed by atoms with Gasteiger partial charge in [0.25, 0.3) is 0 Å². The monoisotopic (exact) mass is 281 g/mol. The largest absolute Gasteiger partial charge is 0.305 e. The van der Waals surface area contributed by atoms with Gasteiger partial charge in [0.1, 0.15) is 0 Å². The lowest BCUT2D eigenvalue weighted by Crippen LogP contribution is -2.36. The zero-order chi connectivity index (χ0) is 12.5. The van der Waals surface area contributed by atoms with Crippen LogP contribution in [0.4, 0.5) is 0 Å². The number of halogens is 1. The second kappa shape index (κ2) is 5.44. The summed E-state index contributed by atoms with van der Waals surface area (Å²) in [5.41, 5.74) is 1.55. The van der Waals surface area contributed by atoms with Crippen molar-refractivity contribution in [2.45, 2.75) is 29.0 Å². The number of fused-ring (bicyclic) bond motifs is 1. The van der Waals surface area contributed by atoms with Crippen molar-refractivity contribution in [2.75, 3.05) is 25.9 Å². The summed E-state index contributed by atoms with van der Waals surface area (Å²) in [6, 6.07) is 8.87. The third-order valence-electron chi connectivity index (χ3n) is 4.08. The van der Waals surface area contributed by atoms with Gasteiger partial charge in [0.05, 0.1) is 0 Å². The number of rotatable bonds is 4. The fourth-order valence-electron chi connectivity index (χ4n) is 3.08. The quantitative estimate of drug-likeness (QED) is 0.772. The number of hydrogen-bond donors (Lipinski definition) is 0. The molecule has 1 saturated carbocycles. The van der Waals surface area contributed by atoms with Gasteiger partial charge in [-0.3, -0.25) is 0 Å².